The van der Waals surface area contributed by atoms with E-state index >= 15 is 0 Å². The Labute approximate surface area is 119 Å². The lowest BCUT2D eigenvalue weighted by molar-refractivity contribution is 0.119. The first-order valence-corrected chi connectivity index (χ1v) is 8.18. The van der Waals surface area contributed by atoms with E-state index in [9.17, 15) is 0 Å². The summed E-state index contributed by atoms with van der Waals surface area (Å²) in [5.41, 5.74) is 0. The minimum absolute atomic E-state index is 0.733. The lowest BCUT2D eigenvalue weighted by Gasteiger charge is -2.40. The Hall–Kier alpha value is -0.120. The topological polar surface area (TPSA) is 18.5 Å². The Balaban J connectivity index is 1.65. The van der Waals surface area contributed by atoms with Gasteiger partial charge in [0.25, 0.3) is 0 Å². The van der Waals surface area contributed by atoms with Crippen LogP contribution in [-0.2, 0) is 0 Å². The fourth-order valence-electron chi connectivity index (χ4n) is 3.65. The molecule has 0 amide bonds. The van der Waals surface area contributed by atoms with E-state index in [1.165, 1.54) is 51.9 Å². The minimum atomic E-state index is 0.733. The third-order valence-electron chi connectivity index (χ3n) is 5.41. The lowest BCUT2D eigenvalue weighted by atomic mass is 9.89. The summed E-state index contributed by atoms with van der Waals surface area (Å²) in [6.07, 6.45) is 5.49. The zero-order chi connectivity index (χ0) is 13.8. The highest BCUT2D eigenvalue weighted by Crippen LogP contribution is 2.22. The van der Waals surface area contributed by atoms with Crippen molar-refractivity contribution in [2.45, 2.75) is 51.6 Å². The highest BCUT2D eigenvalue weighted by Gasteiger charge is 2.28. The van der Waals surface area contributed by atoms with E-state index in [2.05, 4.69) is 43.1 Å². The van der Waals surface area contributed by atoms with Gasteiger partial charge in [-0.3, -0.25) is 0 Å². The quantitative estimate of drug-likeness (QED) is 0.841. The number of hydrogen-bond donors (Lipinski definition) is 1. The Morgan fingerprint density at radius 2 is 1.79 bits per heavy atom. The zero-order valence-electron chi connectivity index (χ0n) is 13.4. The molecule has 2 aliphatic heterocycles. The number of nitrogens with zero attached hydrogens (tertiary/aromatic N) is 2. The normalized spacial score (nSPS) is 35.7. The molecule has 2 aliphatic rings. The van der Waals surface area contributed by atoms with Gasteiger partial charge in [0.2, 0.25) is 0 Å². The van der Waals surface area contributed by atoms with E-state index in [4.69, 9.17) is 0 Å². The molecule has 0 bridgehead atoms. The molecular formula is C16H33N3. The van der Waals surface area contributed by atoms with Crippen molar-refractivity contribution in [1.82, 2.24) is 15.1 Å². The molecular weight excluding hydrogens is 234 g/mol. The molecule has 1 N–H and O–H groups in total. The van der Waals surface area contributed by atoms with Crippen LogP contribution in [0.15, 0.2) is 0 Å². The number of rotatable bonds is 4. The second-order valence-electron chi connectivity index (χ2n) is 7.10. The third kappa shape index (κ3) is 4.44. The van der Waals surface area contributed by atoms with Crippen LogP contribution in [0.4, 0.5) is 0 Å². The van der Waals surface area contributed by atoms with Gasteiger partial charge >= 0.3 is 0 Å². The second-order valence-corrected chi connectivity index (χ2v) is 7.10. The molecule has 0 aromatic rings. The molecule has 112 valence electrons. The molecule has 0 aromatic carbocycles. The molecule has 3 nitrogen and oxygen atoms in total. The van der Waals surface area contributed by atoms with Crippen LogP contribution in [0, 0.1) is 11.8 Å². The molecule has 2 heterocycles. The van der Waals surface area contributed by atoms with E-state index < -0.39 is 0 Å². The minimum Gasteiger partial charge on any atom is -0.314 e. The first-order chi connectivity index (χ1) is 9.06. The van der Waals surface area contributed by atoms with Gasteiger partial charge in [-0.15, -0.1) is 0 Å². The summed E-state index contributed by atoms with van der Waals surface area (Å²) in [5, 5.41) is 3.84. The van der Waals surface area contributed by atoms with Gasteiger partial charge in [-0.05, 0) is 78.2 Å². The maximum Gasteiger partial charge on any atom is 0.0120 e. The summed E-state index contributed by atoms with van der Waals surface area (Å²) in [7, 11) is 4.51. The van der Waals surface area contributed by atoms with Crippen LogP contribution in [-0.4, -0.2) is 62.2 Å². The van der Waals surface area contributed by atoms with Crippen molar-refractivity contribution in [3.63, 3.8) is 0 Å². The predicted molar refractivity (Wildman–Crippen MR) is 82.5 cm³/mol. The first kappa shape index (κ1) is 15.3. The van der Waals surface area contributed by atoms with Crippen LogP contribution < -0.4 is 5.32 Å². The van der Waals surface area contributed by atoms with Crippen LogP contribution >= 0.6 is 0 Å². The fraction of sp³-hybridized carbons (Fsp3) is 1.00. The molecule has 3 atom stereocenters. The van der Waals surface area contributed by atoms with E-state index in [1.807, 2.05) is 0 Å². The monoisotopic (exact) mass is 267 g/mol. The zero-order valence-corrected chi connectivity index (χ0v) is 13.4. The molecule has 0 aromatic heterocycles. The smallest absolute Gasteiger partial charge is 0.0120 e. The second kappa shape index (κ2) is 7.05. The standard InChI is InChI=1S/C16H33N3/c1-13-12-19(4)14(2)11-16(13)17-8-5-15-6-9-18(3)10-7-15/h13-17H,5-12H2,1-4H3. The Morgan fingerprint density at radius 1 is 1.11 bits per heavy atom. The molecule has 0 radical (unpaired) electrons. The molecule has 0 spiro atoms. The highest BCUT2D eigenvalue weighted by atomic mass is 15.2. The van der Waals surface area contributed by atoms with Crippen LogP contribution in [0.3, 0.4) is 0 Å². The summed E-state index contributed by atoms with van der Waals surface area (Å²) >= 11 is 0. The van der Waals surface area contributed by atoms with Crippen molar-refractivity contribution < 1.29 is 0 Å². The highest BCUT2D eigenvalue weighted by molar-refractivity contribution is 4.86. The SMILES string of the molecule is CC1CN(C)C(C)CC1NCCC1CCN(C)CC1. The number of hydrogen-bond acceptors (Lipinski definition) is 3. The van der Waals surface area contributed by atoms with Crippen LogP contribution in [0.25, 0.3) is 0 Å². The van der Waals surface area contributed by atoms with Crippen LogP contribution in [0.2, 0.25) is 0 Å². The summed E-state index contributed by atoms with van der Waals surface area (Å²) < 4.78 is 0. The Kier molecular flexibility index (Phi) is 5.67. The van der Waals surface area contributed by atoms with Gasteiger partial charge in [0.15, 0.2) is 0 Å². The average Bonchev–Trinajstić information content (AvgIpc) is 2.38. The summed E-state index contributed by atoms with van der Waals surface area (Å²) in [6.45, 7) is 9.82. The van der Waals surface area contributed by atoms with E-state index in [0.717, 1.165) is 23.9 Å². The summed E-state index contributed by atoms with van der Waals surface area (Å²) in [4.78, 5) is 4.96. The molecule has 0 saturated carbocycles. The van der Waals surface area contributed by atoms with Crippen molar-refractivity contribution in [2.75, 3.05) is 40.3 Å². The number of piperidine rings is 2. The molecule has 0 aliphatic carbocycles. The van der Waals surface area contributed by atoms with E-state index in [1.54, 1.807) is 0 Å². The molecule has 2 rings (SSSR count). The van der Waals surface area contributed by atoms with Crippen LogP contribution in [0.5, 0.6) is 0 Å². The molecule has 3 heteroatoms. The van der Waals surface area contributed by atoms with Gasteiger partial charge in [0.05, 0.1) is 0 Å². The Bertz CT molecular complexity index is 261. The van der Waals surface area contributed by atoms with Crippen molar-refractivity contribution in [3.8, 4) is 0 Å². The van der Waals surface area contributed by atoms with Crippen molar-refractivity contribution >= 4 is 0 Å². The van der Waals surface area contributed by atoms with Gasteiger partial charge in [-0.25, -0.2) is 0 Å². The summed E-state index contributed by atoms with van der Waals surface area (Å²) in [6, 6.07) is 1.47. The van der Waals surface area contributed by atoms with Gasteiger partial charge in [-0.1, -0.05) is 6.92 Å². The van der Waals surface area contributed by atoms with E-state index in [0.29, 0.717) is 0 Å². The van der Waals surface area contributed by atoms with Gasteiger partial charge in [-0.2, -0.15) is 0 Å². The van der Waals surface area contributed by atoms with Crippen molar-refractivity contribution in [3.05, 3.63) is 0 Å². The predicted octanol–water partition coefficient (Wildman–Crippen LogP) is 2.04. The van der Waals surface area contributed by atoms with Crippen molar-refractivity contribution in [1.29, 1.82) is 0 Å². The molecule has 2 saturated heterocycles. The molecule has 19 heavy (non-hydrogen) atoms. The fourth-order valence-corrected chi connectivity index (χ4v) is 3.65. The number of likely N-dealkylation sites (tertiary alicyclic amines) is 2. The van der Waals surface area contributed by atoms with Gasteiger partial charge < -0.3 is 15.1 Å². The van der Waals surface area contributed by atoms with Crippen LogP contribution in [0.1, 0.15) is 39.5 Å². The van der Waals surface area contributed by atoms with E-state index in [-0.39, 0.29) is 0 Å². The molecule has 2 fully saturated rings. The average molecular weight is 267 g/mol. The largest absolute Gasteiger partial charge is 0.314 e. The lowest BCUT2D eigenvalue weighted by Crippen LogP contribution is -2.51. The Morgan fingerprint density at radius 3 is 2.47 bits per heavy atom. The van der Waals surface area contributed by atoms with Crippen molar-refractivity contribution in [2.24, 2.45) is 11.8 Å². The third-order valence-corrected chi connectivity index (χ3v) is 5.41. The summed E-state index contributed by atoms with van der Waals surface area (Å²) in [5.74, 6) is 1.75. The molecule has 3 unspecified atom stereocenters. The van der Waals surface area contributed by atoms with Gasteiger partial charge in [0, 0.05) is 18.6 Å². The maximum absolute atomic E-state index is 3.84. The number of nitrogens with one attached hydrogen (secondary N) is 1. The maximum atomic E-state index is 3.84. The van der Waals surface area contributed by atoms with Gasteiger partial charge in [0.1, 0.15) is 0 Å². The first-order valence-electron chi connectivity index (χ1n) is 8.18.